The average Bonchev–Trinajstić information content (AvgIpc) is 2.40. The molecule has 0 spiro atoms. The van der Waals surface area contributed by atoms with E-state index < -0.39 is 0 Å². The van der Waals surface area contributed by atoms with Crippen LogP contribution in [0.15, 0.2) is 42.7 Å². The summed E-state index contributed by atoms with van der Waals surface area (Å²) in [5, 5.41) is 3.47. The number of anilines is 1. The summed E-state index contributed by atoms with van der Waals surface area (Å²) >= 11 is 0. The Morgan fingerprint density at radius 3 is 2.50 bits per heavy atom. The number of hydrogen-bond donors (Lipinski definition) is 1. The highest BCUT2D eigenvalue weighted by atomic mass is 16.5. The van der Waals surface area contributed by atoms with Gasteiger partial charge in [-0.25, -0.2) is 0 Å². The third kappa shape index (κ3) is 2.80. The highest BCUT2D eigenvalue weighted by Gasteiger charge is 2.06. The summed E-state index contributed by atoms with van der Waals surface area (Å²) in [6.45, 7) is 4.18. The number of pyridine rings is 1. The number of aryl methyl sites for hydroxylation is 1. The fourth-order valence-corrected chi connectivity index (χ4v) is 1.95. The van der Waals surface area contributed by atoms with Crippen LogP contribution >= 0.6 is 0 Å². The molecule has 1 aromatic carbocycles. The number of nitrogens with one attached hydrogen (secondary N) is 1. The zero-order valence-electron chi connectivity index (χ0n) is 11.0. The second-order valence-corrected chi connectivity index (χ2v) is 4.33. The molecule has 0 fully saturated rings. The van der Waals surface area contributed by atoms with Crippen LogP contribution in [0.4, 0.5) is 5.69 Å². The van der Waals surface area contributed by atoms with E-state index in [2.05, 4.69) is 23.3 Å². The van der Waals surface area contributed by atoms with Crippen LogP contribution in [-0.2, 0) is 0 Å². The molecule has 3 nitrogen and oxygen atoms in total. The van der Waals surface area contributed by atoms with Crippen molar-refractivity contribution in [1.29, 1.82) is 0 Å². The van der Waals surface area contributed by atoms with E-state index in [4.69, 9.17) is 4.74 Å². The number of aromatic nitrogens is 1. The minimum Gasteiger partial charge on any atom is -0.496 e. The highest BCUT2D eigenvalue weighted by Crippen LogP contribution is 2.24. The Balaban J connectivity index is 2.12. The third-order valence-electron chi connectivity index (χ3n) is 2.98. The van der Waals surface area contributed by atoms with Crippen molar-refractivity contribution in [2.75, 3.05) is 12.4 Å². The number of ether oxygens (including phenoxy) is 1. The van der Waals surface area contributed by atoms with E-state index in [1.54, 1.807) is 7.11 Å². The number of benzene rings is 1. The summed E-state index contributed by atoms with van der Waals surface area (Å²) < 4.78 is 5.25. The number of methoxy groups -OCH3 is 1. The second-order valence-electron chi connectivity index (χ2n) is 4.33. The lowest BCUT2D eigenvalue weighted by Crippen LogP contribution is -2.06. The van der Waals surface area contributed by atoms with Crippen LogP contribution in [0.3, 0.4) is 0 Å². The maximum atomic E-state index is 5.25. The van der Waals surface area contributed by atoms with E-state index in [0.29, 0.717) is 0 Å². The minimum atomic E-state index is 0.251. The minimum absolute atomic E-state index is 0.251. The Morgan fingerprint density at radius 1 is 1.17 bits per heavy atom. The Kier molecular flexibility index (Phi) is 3.82. The third-order valence-corrected chi connectivity index (χ3v) is 2.98. The highest BCUT2D eigenvalue weighted by molar-refractivity contribution is 5.51. The molecule has 18 heavy (non-hydrogen) atoms. The summed E-state index contributed by atoms with van der Waals surface area (Å²) in [5.41, 5.74) is 3.44. The molecule has 0 aliphatic heterocycles. The summed E-state index contributed by atoms with van der Waals surface area (Å²) in [5.74, 6) is 0.914. The lowest BCUT2D eigenvalue weighted by atomic mass is 10.1. The van der Waals surface area contributed by atoms with E-state index in [1.165, 1.54) is 5.56 Å². The normalized spacial score (nSPS) is 11.9. The summed E-state index contributed by atoms with van der Waals surface area (Å²) in [4.78, 5) is 4.03. The van der Waals surface area contributed by atoms with Crippen molar-refractivity contribution < 1.29 is 4.74 Å². The van der Waals surface area contributed by atoms with Gasteiger partial charge in [-0.2, -0.15) is 0 Å². The van der Waals surface area contributed by atoms with Gasteiger partial charge in [0.1, 0.15) is 5.75 Å². The van der Waals surface area contributed by atoms with Crippen LogP contribution in [0.1, 0.15) is 24.1 Å². The predicted octanol–water partition coefficient (Wildman–Crippen LogP) is 3.57. The molecule has 1 atom stereocenters. The molecule has 0 aliphatic rings. The molecule has 1 aromatic heterocycles. The molecule has 1 unspecified atom stereocenters. The monoisotopic (exact) mass is 242 g/mol. The van der Waals surface area contributed by atoms with Gasteiger partial charge in [0, 0.05) is 24.1 Å². The molecule has 0 saturated heterocycles. The van der Waals surface area contributed by atoms with Crippen molar-refractivity contribution in [2.24, 2.45) is 0 Å². The van der Waals surface area contributed by atoms with Gasteiger partial charge >= 0.3 is 0 Å². The summed E-state index contributed by atoms with van der Waals surface area (Å²) in [6, 6.07) is 10.4. The van der Waals surface area contributed by atoms with Gasteiger partial charge in [0.05, 0.1) is 7.11 Å². The zero-order chi connectivity index (χ0) is 13.0. The molecule has 3 heteroatoms. The van der Waals surface area contributed by atoms with Gasteiger partial charge in [0.2, 0.25) is 0 Å². The van der Waals surface area contributed by atoms with Crippen molar-refractivity contribution >= 4 is 5.69 Å². The van der Waals surface area contributed by atoms with Crippen molar-refractivity contribution in [2.45, 2.75) is 19.9 Å². The fourth-order valence-electron chi connectivity index (χ4n) is 1.95. The van der Waals surface area contributed by atoms with E-state index >= 15 is 0 Å². The first-order valence-corrected chi connectivity index (χ1v) is 6.02. The smallest absolute Gasteiger partial charge is 0.121 e. The predicted molar refractivity (Wildman–Crippen MR) is 74.0 cm³/mol. The quantitative estimate of drug-likeness (QED) is 0.890. The number of nitrogens with zero attached hydrogens (tertiary/aromatic N) is 1. The largest absolute Gasteiger partial charge is 0.496 e. The second kappa shape index (κ2) is 5.54. The molecule has 0 amide bonds. The van der Waals surface area contributed by atoms with Crippen LogP contribution in [0.2, 0.25) is 0 Å². The maximum absolute atomic E-state index is 5.25. The Bertz CT molecular complexity index is 511. The van der Waals surface area contributed by atoms with E-state index in [-0.39, 0.29) is 6.04 Å². The van der Waals surface area contributed by atoms with E-state index in [0.717, 1.165) is 17.0 Å². The summed E-state index contributed by atoms with van der Waals surface area (Å²) in [6.07, 6.45) is 3.62. The van der Waals surface area contributed by atoms with Crippen LogP contribution in [0.25, 0.3) is 0 Å². The van der Waals surface area contributed by atoms with Gasteiger partial charge in [-0.15, -0.1) is 0 Å². The van der Waals surface area contributed by atoms with E-state index in [1.807, 2.05) is 43.6 Å². The first-order valence-electron chi connectivity index (χ1n) is 6.02. The van der Waals surface area contributed by atoms with Gasteiger partial charge < -0.3 is 10.1 Å². The Hall–Kier alpha value is -2.03. The van der Waals surface area contributed by atoms with Gasteiger partial charge in [0.25, 0.3) is 0 Å². The molecule has 0 saturated carbocycles. The van der Waals surface area contributed by atoms with Crippen LogP contribution in [0, 0.1) is 6.92 Å². The molecule has 2 aromatic rings. The van der Waals surface area contributed by atoms with Crippen molar-refractivity contribution in [3.05, 3.63) is 53.9 Å². The first-order chi connectivity index (χ1) is 8.70. The Labute approximate surface area is 108 Å². The summed E-state index contributed by atoms with van der Waals surface area (Å²) in [7, 11) is 1.69. The molecule has 94 valence electrons. The Morgan fingerprint density at radius 2 is 1.89 bits per heavy atom. The average molecular weight is 242 g/mol. The molecule has 0 radical (unpaired) electrons. The molecule has 0 aliphatic carbocycles. The van der Waals surface area contributed by atoms with Crippen molar-refractivity contribution in [3.8, 4) is 5.75 Å². The number of rotatable bonds is 4. The molecule has 1 heterocycles. The molecule has 0 bridgehead atoms. The fraction of sp³-hybridized carbons (Fsp3) is 0.267. The zero-order valence-corrected chi connectivity index (χ0v) is 11.0. The van der Waals surface area contributed by atoms with Gasteiger partial charge in [-0.3, -0.25) is 4.98 Å². The number of hydrogen-bond acceptors (Lipinski definition) is 3. The SMILES string of the molecule is COc1ccc(NC(C)c2ccncc2)cc1C. The molecule has 2 rings (SSSR count). The topological polar surface area (TPSA) is 34.1 Å². The van der Waals surface area contributed by atoms with Crippen molar-refractivity contribution in [3.63, 3.8) is 0 Å². The van der Waals surface area contributed by atoms with E-state index in [9.17, 15) is 0 Å². The van der Waals surface area contributed by atoms with Gasteiger partial charge in [-0.05, 0) is 55.3 Å². The van der Waals surface area contributed by atoms with Gasteiger partial charge in [0.15, 0.2) is 0 Å². The lowest BCUT2D eigenvalue weighted by Gasteiger charge is -2.16. The lowest BCUT2D eigenvalue weighted by molar-refractivity contribution is 0.412. The standard InChI is InChI=1S/C15H18N2O/c1-11-10-14(4-5-15(11)18-3)17-12(2)13-6-8-16-9-7-13/h4-10,12,17H,1-3H3. The molecular weight excluding hydrogens is 224 g/mol. The maximum Gasteiger partial charge on any atom is 0.121 e. The first kappa shape index (κ1) is 12.4. The molecular formula is C15H18N2O. The molecule has 1 N–H and O–H groups in total. The van der Waals surface area contributed by atoms with Gasteiger partial charge in [-0.1, -0.05) is 0 Å². The van der Waals surface area contributed by atoms with Crippen LogP contribution in [-0.4, -0.2) is 12.1 Å². The van der Waals surface area contributed by atoms with Crippen LogP contribution in [0.5, 0.6) is 5.75 Å². The van der Waals surface area contributed by atoms with Crippen LogP contribution < -0.4 is 10.1 Å². The van der Waals surface area contributed by atoms with Crippen molar-refractivity contribution in [1.82, 2.24) is 4.98 Å².